The molecule has 0 spiro atoms. The van der Waals surface area contributed by atoms with Crippen LogP contribution in [0.5, 0.6) is 5.75 Å². The lowest BCUT2D eigenvalue weighted by atomic mass is 10.0. The Bertz CT molecular complexity index is 1560. The summed E-state index contributed by atoms with van der Waals surface area (Å²) in [5.41, 5.74) is 3.03. The van der Waals surface area contributed by atoms with Crippen molar-refractivity contribution in [2.45, 2.75) is 52.1 Å². The van der Waals surface area contributed by atoms with E-state index in [9.17, 15) is 14.9 Å². The van der Waals surface area contributed by atoms with Crippen molar-refractivity contribution in [2.24, 2.45) is 0 Å². The molecule has 4 aromatic rings. The molecule has 0 N–H and O–H groups in total. The van der Waals surface area contributed by atoms with Gasteiger partial charge in [-0.3, -0.25) is 19.9 Å². The predicted molar refractivity (Wildman–Crippen MR) is 156 cm³/mol. The standard InChI is InChI=1S/C30H31ClN6O4/c1-19-16-23(17-20(2)27(19)37(39)40)30(38)35(24-6-4-5-7-24)14-15-36-29(22-8-9-26(41-3)25(31)18-22)33-28(34-36)21-10-12-32-13-11-21/h8-13,16-18,24H,4-7,14-15H2,1-3H3. The van der Waals surface area contributed by atoms with Gasteiger partial charge in [0.25, 0.3) is 11.6 Å². The Hall–Kier alpha value is -4.31. The number of benzene rings is 2. The van der Waals surface area contributed by atoms with Crippen molar-refractivity contribution in [1.29, 1.82) is 0 Å². The highest BCUT2D eigenvalue weighted by Crippen LogP contribution is 2.32. The molecule has 0 aliphatic heterocycles. The van der Waals surface area contributed by atoms with E-state index in [0.717, 1.165) is 36.8 Å². The Labute approximate surface area is 243 Å². The maximum Gasteiger partial charge on any atom is 0.275 e. The number of aromatic nitrogens is 4. The summed E-state index contributed by atoms with van der Waals surface area (Å²) in [4.78, 5) is 35.8. The van der Waals surface area contributed by atoms with Gasteiger partial charge in [-0.25, -0.2) is 9.67 Å². The molecule has 0 radical (unpaired) electrons. The molecule has 1 fully saturated rings. The molecule has 2 aromatic heterocycles. The normalized spacial score (nSPS) is 13.4. The maximum absolute atomic E-state index is 13.9. The monoisotopic (exact) mass is 574 g/mol. The van der Waals surface area contributed by atoms with Crippen LogP contribution in [0, 0.1) is 24.0 Å². The third kappa shape index (κ3) is 5.92. The topological polar surface area (TPSA) is 116 Å². The zero-order valence-corrected chi connectivity index (χ0v) is 24.0. The van der Waals surface area contributed by atoms with Crippen molar-refractivity contribution >= 4 is 23.2 Å². The Morgan fingerprint density at radius 1 is 1.10 bits per heavy atom. The van der Waals surface area contributed by atoms with Crippen molar-refractivity contribution in [2.75, 3.05) is 13.7 Å². The van der Waals surface area contributed by atoms with Crippen LogP contribution in [0.3, 0.4) is 0 Å². The molecule has 11 heteroatoms. The molecule has 1 aliphatic carbocycles. The summed E-state index contributed by atoms with van der Waals surface area (Å²) in [5.74, 6) is 1.57. The van der Waals surface area contributed by atoms with Crippen LogP contribution in [-0.2, 0) is 6.54 Å². The molecular formula is C30H31ClN6O4. The second kappa shape index (κ2) is 12.1. The van der Waals surface area contributed by atoms with Crippen LogP contribution in [0.4, 0.5) is 5.69 Å². The molecule has 2 heterocycles. The van der Waals surface area contributed by atoms with Gasteiger partial charge < -0.3 is 9.64 Å². The summed E-state index contributed by atoms with van der Waals surface area (Å²) in [6.45, 7) is 4.13. The zero-order valence-electron chi connectivity index (χ0n) is 23.2. The third-order valence-corrected chi connectivity index (χ3v) is 7.82. The number of halogens is 1. The van der Waals surface area contributed by atoms with Gasteiger partial charge in [0, 0.05) is 52.8 Å². The van der Waals surface area contributed by atoms with E-state index >= 15 is 0 Å². The Morgan fingerprint density at radius 2 is 1.78 bits per heavy atom. The molecule has 1 saturated carbocycles. The number of carbonyl (C=O) groups is 1. The number of aryl methyl sites for hydroxylation is 2. The highest BCUT2D eigenvalue weighted by molar-refractivity contribution is 6.32. The SMILES string of the molecule is COc1ccc(-c2nc(-c3ccncc3)nn2CCN(C(=O)c2cc(C)c([N+](=O)[O-])c(C)c2)C2CCCC2)cc1Cl. The van der Waals surface area contributed by atoms with Gasteiger partial charge in [-0.2, -0.15) is 5.10 Å². The van der Waals surface area contributed by atoms with Gasteiger partial charge in [0.15, 0.2) is 11.6 Å². The minimum absolute atomic E-state index is 0.0445. The van der Waals surface area contributed by atoms with E-state index in [2.05, 4.69) is 4.98 Å². The van der Waals surface area contributed by atoms with Crippen LogP contribution in [0.15, 0.2) is 54.9 Å². The van der Waals surface area contributed by atoms with Crippen molar-refractivity contribution < 1.29 is 14.5 Å². The van der Waals surface area contributed by atoms with E-state index in [0.29, 0.717) is 52.2 Å². The van der Waals surface area contributed by atoms with E-state index in [1.807, 2.05) is 23.1 Å². The Morgan fingerprint density at radius 3 is 2.39 bits per heavy atom. The fourth-order valence-corrected chi connectivity index (χ4v) is 5.80. The van der Waals surface area contributed by atoms with E-state index < -0.39 is 4.92 Å². The fraction of sp³-hybridized carbons (Fsp3) is 0.333. The summed E-state index contributed by atoms with van der Waals surface area (Å²) in [6, 6.07) is 12.5. The van der Waals surface area contributed by atoms with Crippen molar-refractivity contribution in [1.82, 2.24) is 24.6 Å². The van der Waals surface area contributed by atoms with Crippen LogP contribution in [0.25, 0.3) is 22.8 Å². The molecule has 1 aliphatic rings. The minimum Gasteiger partial charge on any atom is -0.495 e. The number of hydrogen-bond donors (Lipinski definition) is 0. The summed E-state index contributed by atoms with van der Waals surface area (Å²) in [5, 5.41) is 16.8. The lowest BCUT2D eigenvalue weighted by molar-refractivity contribution is -0.386. The largest absolute Gasteiger partial charge is 0.495 e. The molecular weight excluding hydrogens is 544 g/mol. The molecule has 41 heavy (non-hydrogen) atoms. The lowest BCUT2D eigenvalue weighted by Gasteiger charge is -2.29. The van der Waals surface area contributed by atoms with Gasteiger partial charge >= 0.3 is 0 Å². The molecule has 10 nitrogen and oxygen atoms in total. The quantitative estimate of drug-likeness (QED) is 0.170. The van der Waals surface area contributed by atoms with Gasteiger partial charge in [0.2, 0.25) is 0 Å². The first-order valence-corrected chi connectivity index (χ1v) is 13.9. The first-order chi connectivity index (χ1) is 19.8. The molecule has 0 unspecified atom stereocenters. The summed E-state index contributed by atoms with van der Waals surface area (Å²) in [7, 11) is 1.56. The van der Waals surface area contributed by atoms with Gasteiger partial charge in [0.1, 0.15) is 5.75 Å². The van der Waals surface area contributed by atoms with Gasteiger partial charge in [-0.05, 0) is 69.2 Å². The number of nitrogens with zero attached hydrogens (tertiary/aromatic N) is 6. The van der Waals surface area contributed by atoms with Crippen molar-refractivity contribution in [3.63, 3.8) is 0 Å². The second-order valence-electron chi connectivity index (χ2n) is 10.2. The number of carbonyl (C=O) groups excluding carboxylic acids is 1. The number of nitro groups is 1. The van der Waals surface area contributed by atoms with Crippen LogP contribution in [0.2, 0.25) is 5.02 Å². The number of ether oxygens (including phenoxy) is 1. The van der Waals surface area contributed by atoms with Crippen LogP contribution in [0.1, 0.15) is 47.2 Å². The number of rotatable bonds is 9. The smallest absolute Gasteiger partial charge is 0.275 e. The molecule has 5 rings (SSSR count). The number of pyridine rings is 1. The zero-order chi connectivity index (χ0) is 29.1. The lowest BCUT2D eigenvalue weighted by Crippen LogP contribution is -2.41. The van der Waals surface area contributed by atoms with Crippen molar-refractivity contribution in [3.8, 4) is 28.5 Å². The first kappa shape index (κ1) is 28.2. The van der Waals surface area contributed by atoms with Crippen LogP contribution in [-0.4, -0.2) is 55.2 Å². The van der Waals surface area contributed by atoms with Crippen molar-refractivity contribution in [3.05, 3.63) is 86.7 Å². The fourth-order valence-electron chi connectivity index (χ4n) is 5.54. The highest BCUT2D eigenvalue weighted by Gasteiger charge is 2.29. The second-order valence-corrected chi connectivity index (χ2v) is 10.6. The number of nitro benzene ring substituents is 1. The average molecular weight is 575 g/mol. The van der Waals surface area contributed by atoms with E-state index in [1.165, 1.54) is 0 Å². The van der Waals surface area contributed by atoms with E-state index in [-0.39, 0.29) is 17.6 Å². The molecule has 212 valence electrons. The molecule has 0 atom stereocenters. The van der Waals surface area contributed by atoms with Gasteiger partial charge in [-0.1, -0.05) is 24.4 Å². The minimum atomic E-state index is -0.397. The van der Waals surface area contributed by atoms with E-state index in [1.54, 1.807) is 62.3 Å². The van der Waals surface area contributed by atoms with Gasteiger partial charge in [0.05, 0.1) is 23.6 Å². The summed E-state index contributed by atoms with van der Waals surface area (Å²) in [6.07, 6.45) is 7.31. The number of hydrogen-bond acceptors (Lipinski definition) is 7. The molecule has 0 bridgehead atoms. The maximum atomic E-state index is 13.9. The van der Waals surface area contributed by atoms with Gasteiger partial charge in [-0.15, -0.1) is 0 Å². The summed E-state index contributed by atoms with van der Waals surface area (Å²) < 4.78 is 7.12. The van der Waals surface area contributed by atoms with Crippen LogP contribution < -0.4 is 4.74 Å². The summed E-state index contributed by atoms with van der Waals surface area (Å²) >= 11 is 6.45. The average Bonchev–Trinajstić information content (AvgIpc) is 3.64. The number of amides is 1. The first-order valence-electron chi connectivity index (χ1n) is 13.5. The Balaban J connectivity index is 1.49. The number of methoxy groups -OCH3 is 1. The third-order valence-electron chi connectivity index (χ3n) is 7.52. The molecule has 0 saturated heterocycles. The highest BCUT2D eigenvalue weighted by atomic mass is 35.5. The molecule has 1 amide bonds. The predicted octanol–water partition coefficient (Wildman–Crippen LogP) is 6.28. The van der Waals surface area contributed by atoms with E-state index in [4.69, 9.17) is 26.4 Å². The van der Waals surface area contributed by atoms with Crippen LogP contribution >= 0.6 is 11.6 Å². The Kier molecular flexibility index (Phi) is 8.30. The molecule has 2 aromatic carbocycles.